The number of furan rings is 1. The van der Waals surface area contributed by atoms with Crippen molar-refractivity contribution in [1.29, 1.82) is 0 Å². The Morgan fingerprint density at radius 1 is 1.53 bits per heavy atom. The van der Waals surface area contributed by atoms with Crippen LogP contribution in [0.1, 0.15) is 30.2 Å². The fourth-order valence-electron chi connectivity index (χ4n) is 2.48. The monoisotopic (exact) mass is 231 g/mol. The second kappa shape index (κ2) is 4.75. The van der Waals surface area contributed by atoms with Crippen molar-refractivity contribution in [1.82, 2.24) is 15.1 Å². The highest BCUT2D eigenvalue weighted by Gasteiger charge is 2.21. The molecule has 0 fully saturated rings. The van der Waals surface area contributed by atoms with E-state index in [-0.39, 0.29) is 0 Å². The highest BCUT2D eigenvalue weighted by Crippen LogP contribution is 2.30. The van der Waals surface area contributed by atoms with Crippen LogP contribution in [0, 0.1) is 0 Å². The lowest BCUT2D eigenvalue weighted by Crippen LogP contribution is -2.27. The zero-order chi connectivity index (χ0) is 11.5. The molecule has 1 atom stereocenters. The first kappa shape index (κ1) is 10.6. The molecule has 90 valence electrons. The topological polar surface area (TPSA) is 43.0 Å². The average Bonchev–Trinajstić information content (AvgIpc) is 2.99. The van der Waals surface area contributed by atoms with Gasteiger partial charge in [-0.1, -0.05) is 0 Å². The van der Waals surface area contributed by atoms with Crippen molar-refractivity contribution >= 4 is 0 Å². The third-order valence-corrected chi connectivity index (χ3v) is 3.34. The molecule has 0 saturated carbocycles. The summed E-state index contributed by atoms with van der Waals surface area (Å²) in [5, 5.41) is 7.77. The van der Waals surface area contributed by atoms with E-state index in [0.29, 0.717) is 6.04 Å². The Hall–Kier alpha value is -1.55. The quantitative estimate of drug-likeness (QED) is 0.876. The summed E-state index contributed by atoms with van der Waals surface area (Å²) in [6, 6.07) is 4.50. The SMILES string of the molecule is c1cnn(CCNC2CCCc3occc32)c1. The van der Waals surface area contributed by atoms with Crippen molar-refractivity contribution in [2.75, 3.05) is 6.54 Å². The van der Waals surface area contributed by atoms with Crippen molar-refractivity contribution in [3.8, 4) is 0 Å². The molecule has 2 aromatic heterocycles. The van der Waals surface area contributed by atoms with Gasteiger partial charge in [0.05, 0.1) is 12.8 Å². The highest BCUT2D eigenvalue weighted by atomic mass is 16.3. The highest BCUT2D eigenvalue weighted by molar-refractivity contribution is 5.23. The lowest BCUT2D eigenvalue weighted by Gasteiger charge is -2.22. The van der Waals surface area contributed by atoms with Gasteiger partial charge in [-0.05, 0) is 25.0 Å². The van der Waals surface area contributed by atoms with Crippen LogP contribution in [0.5, 0.6) is 0 Å². The number of hydrogen-bond donors (Lipinski definition) is 1. The first-order valence-electron chi connectivity index (χ1n) is 6.20. The first-order valence-corrected chi connectivity index (χ1v) is 6.20. The number of aromatic nitrogens is 2. The molecule has 0 spiro atoms. The summed E-state index contributed by atoms with van der Waals surface area (Å²) in [6.07, 6.45) is 9.10. The van der Waals surface area contributed by atoms with Gasteiger partial charge in [-0.15, -0.1) is 0 Å². The van der Waals surface area contributed by atoms with Gasteiger partial charge in [0.15, 0.2) is 0 Å². The van der Waals surface area contributed by atoms with Crippen LogP contribution in [0.15, 0.2) is 35.2 Å². The molecule has 1 aliphatic rings. The Balaban J connectivity index is 1.57. The van der Waals surface area contributed by atoms with Crippen molar-refractivity contribution in [3.63, 3.8) is 0 Å². The molecule has 1 unspecified atom stereocenters. The number of nitrogens with one attached hydrogen (secondary N) is 1. The molecule has 2 aromatic rings. The maximum Gasteiger partial charge on any atom is 0.108 e. The maximum atomic E-state index is 5.48. The molecule has 0 saturated heterocycles. The van der Waals surface area contributed by atoms with E-state index in [1.165, 1.54) is 18.4 Å². The third-order valence-electron chi connectivity index (χ3n) is 3.34. The largest absolute Gasteiger partial charge is 0.469 e. The lowest BCUT2D eigenvalue weighted by molar-refractivity contribution is 0.402. The van der Waals surface area contributed by atoms with Crippen LogP contribution >= 0.6 is 0 Å². The molecular formula is C13H17N3O. The van der Waals surface area contributed by atoms with Crippen LogP contribution < -0.4 is 5.32 Å². The van der Waals surface area contributed by atoms with Gasteiger partial charge in [0.2, 0.25) is 0 Å². The summed E-state index contributed by atoms with van der Waals surface area (Å²) < 4.78 is 7.43. The molecule has 0 aromatic carbocycles. The number of aryl methyl sites for hydroxylation is 1. The molecule has 0 bridgehead atoms. The van der Waals surface area contributed by atoms with Gasteiger partial charge in [-0.2, -0.15) is 5.10 Å². The normalized spacial score (nSPS) is 19.2. The fraction of sp³-hybridized carbons (Fsp3) is 0.462. The van der Waals surface area contributed by atoms with Gasteiger partial charge in [0.1, 0.15) is 5.76 Å². The molecule has 1 aliphatic carbocycles. The van der Waals surface area contributed by atoms with Crippen molar-refractivity contribution < 1.29 is 4.42 Å². The van der Waals surface area contributed by atoms with E-state index in [4.69, 9.17) is 4.42 Å². The smallest absolute Gasteiger partial charge is 0.108 e. The van der Waals surface area contributed by atoms with E-state index in [1.54, 1.807) is 6.26 Å². The summed E-state index contributed by atoms with van der Waals surface area (Å²) in [5.74, 6) is 1.16. The van der Waals surface area contributed by atoms with E-state index in [2.05, 4.69) is 16.5 Å². The first-order chi connectivity index (χ1) is 8.43. The maximum absolute atomic E-state index is 5.48. The van der Waals surface area contributed by atoms with Crippen LogP contribution in [0.4, 0.5) is 0 Å². The molecule has 0 radical (unpaired) electrons. The summed E-state index contributed by atoms with van der Waals surface area (Å²) >= 11 is 0. The Labute approximate surface area is 101 Å². The molecular weight excluding hydrogens is 214 g/mol. The van der Waals surface area contributed by atoms with Gasteiger partial charge < -0.3 is 9.73 Å². The van der Waals surface area contributed by atoms with E-state index in [0.717, 1.165) is 25.3 Å². The molecule has 1 N–H and O–H groups in total. The molecule has 0 aliphatic heterocycles. The number of fused-ring (bicyclic) bond motifs is 1. The minimum absolute atomic E-state index is 0.452. The summed E-state index contributed by atoms with van der Waals surface area (Å²) in [5.41, 5.74) is 1.34. The molecule has 3 rings (SSSR count). The lowest BCUT2D eigenvalue weighted by atomic mass is 9.93. The van der Waals surface area contributed by atoms with Crippen molar-refractivity contribution in [2.24, 2.45) is 0 Å². The standard InChI is InChI=1S/C13H17N3O/c1-3-12(11-5-10-17-13(11)4-1)14-7-9-16-8-2-6-15-16/h2,5-6,8,10,12,14H,1,3-4,7,9H2. The van der Waals surface area contributed by atoms with Crippen LogP contribution in [0.3, 0.4) is 0 Å². The van der Waals surface area contributed by atoms with E-state index >= 15 is 0 Å². The Kier molecular flexibility index (Phi) is 2.96. The zero-order valence-electron chi connectivity index (χ0n) is 9.80. The Bertz CT molecular complexity index is 461. The summed E-state index contributed by atoms with van der Waals surface area (Å²) in [6.45, 7) is 1.85. The fourth-order valence-corrected chi connectivity index (χ4v) is 2.48. The van der Waals surface area contributed by atoms with Crippen LogP contribution in [-0.2, 0) is 13.0 Å². The second-order valence-corrected chi connectivity index (χ2v) is 4.47. The van der Waals surface area contributed by atoms with Crippen molar-refractivity contribution in [3.05, 3.63) is 42.1 Å². The van der Waals surface area contributed by atoms with Crippen molar-refractivity contribution in [2.45, 2.75) is 31.8 Å². The molecule has 4 heteroatoms. The van der Waals surface area contributed by atoms with Crippen LogP contribution in [-0.4, -0.2) is 16.3 Å². The van der Waals surface area contributed by atoms with Gasteiger partial charge in [0, 0.05) is 37.0 Å². The van der Waals surface area contributed by atoms with Gasteiger partial charge in [-0.25, -0.2) is 0 Å². The summed E-state index contributed by atoms with van der Waals surface area (Å²) in [4.78, 5) is 0. The third kappa shape index (κ3) is 2.26. The van der Waals surface area contributed by atoms with Crippen LogP contribution in [0.2, 0.25) is 0 Å². The van der Waals surface area contributed by atoms with Gasteiger partial charge in [-0.3, -0.25) is 4.68 Å². The Morgan fingerprint density at radius 2 is 2.53 bits per heavy atom. The average molecular weight is 231 g/mol. The zero-order valence-corrected chi connectivity index (χ0v) is 9.80. The van der Waals surface area contributed by atoms with Crippen LogP contribution in [0.25, 0.3) is 0 Å². The molecule has 4 nitrogen and oxygen atoms in total. The van der Waals surface area contributed by atoms with E-state index in [9.17, 15) is 0 Å². The number of hydrogen-bond acceptors (Lipinski definition) is 3. The van der Waals surface area contributed by atoms with Gasteiger partial charge >= 0.3 is 0 Å². The molecule has 17 heavy (non-hydrogen) atoms. The van der Waals surface area contributed by atoms with E-state index < -0.39 is 0 Å². The predicted octanol–water partition coefficient (Wildman–Crippen LogP) is 2.14. The van der Waals surface area contributed by atoms with Gasteiger partial charge in [0.25, 0.3) is 0 Å². The molecule has 2 heterocycles. The minimum atomic E-state index is 0.452. The number of nitrogens with zero attached hydrogens (tertiary/aromatic N) is 2. The second-order valence-electron chi connectivity index (χ2n) is 4.47. The molecule has 0 amide bonds. The summed E-state index contributed by atoms with van der Waals surface area (Å²) in [7, 11) is 0. The Morgan fingerprint density at radius 3 is 3.41 bits per heavy atom. The van der Waals surface area contributed by atoms with E-state index in [1.807, 2.05) is 23.1 Å². The predicted molar refractivity (Wildman–Crippen MR) is 64.6 cm³/mol. The minimum Gasteiger partial charge on any atom is -0.469 e. The number of rotatable bonds is 4.